The van der Waals surface area contributed by atoms with E-state index in [4.69, 9.17) is 0 Å². The summed E-state index contributed by atoms with van der Waals surface area (Å²) in [5.41, 5.74) is 2.93. The summed E-state index contributed by atoms with van der Waals surface area (Å²) in [6.07, 6.45) is 4.35. The van der Waals surface area contributed by atoms with Crippen LogP contribution in [0, 0.1) is 11.8 Å². The maximum absolute atomic E-state index is 12.6. The van der Waals surface area contributed by atoms with E-state index >= 15 is 0 Å². The Morgan fingerprint density at radius 3 is 2.40 bits per heavy atom. The monoisotopic (exact) mass is 546 g/mol. The van der Waals surface area contributed by atoms with Gasteiger partial charge in [-0.3, -0.25) is 9.79 Å². The van der Waals surface area contributed by atoms with E-state index in [1.165, 1.54) is 18.4 Å². The summed E-state index contributed by atoms with van der Waals surface area (Å²) in [4.78, 5) is 43.3. The van der Waals surface area contributed by atoms with Crippen molar-refractivity contribution in [3.63, 3.8) is 0 Å². The van der Waals surface area contributed by atoms with Crippen molar-refractivity contribution in [2.45, 2.75) is 45.4 Å². The Bertz CT molecular complexity index is 1280. The summed E-state index contributed by atoms with van der Waals surface area (Å²) in [5, 5.41) is 25.4. The number of urea groups is 1. The number of piperidine rings is 1. The number of hydrogen-bond donors (Lipinski definition) is 4. The molecule has 0 radical (unpaired) electrons. The van der Waals surface area contributed by atoms with Gasteiger partial charge in [0.1, 0.15) is 5.92 Å². The van der Waals surface area contributed by atoms with Gasteiger partial charge in [0.15, 0.2) is 0 Å². The van der Waals surface area contributed by atoms with Gasteiger partial charge in [-0.2, -0.15) is 0 Å². The van der Waals surface area contributed by atoms with E-state index in [-0.39, 0.29) is 17.3 Å². The number of likely N-dealkylation sites (tertiary alicyclic amines) is 1. The summed E-state index contributed by atoms with van der Waals surface area (Å²) in [6.45, 7) is 6.77. The highest BCUT2D eigenvalue weighted by Crippen LogP contribution is 2.39. The lowest BCUT2D eigenvalue weighted by atomic mass is 9.75. The van der Waals surface area contributed by atoms with Gasteiger partial charge >= 0.3 is 18.0 Å². The number of rotatable bonds is 10. The molecule has 1 saturated heterocycles. The first-order valence-corrected chi connectivity index (χ1v) is 13.9. The molecule has 40 heavy (non-hydrogen) atoms. The Morgan fingerprint density at radius 1 is 1.00 bits per heavy atom. The Morgan fingerprint density at radius 2 is 1.73 bits per heavy atom. The molecular weight excluding hydrogens is 508 g/mol. The van der Waals surface area contributed by atoms with Gasteiger partial charge in [-0.05, 0) is 88.3 Å². The van der Waals surface area contributed by atoms with Crippen LogP contribution in [0.5, 0.6) is 0 Å². The van der Waals surface area contributed by atoms with Crippen LogP contribution >= 0.6 is 0 Å². The average Bonchev–Trinajstić information content (AvgIpc) is 2.92. The van der Waals surface area contributed by atoms with Crippen molar-refractivity contribution in [1.82, 2.24) is 10.2 Å². The number of hydrogen-bond acceptors (Lipinski definition) is 5. The smallest absolute Gasteiger partial charge is 0.334 e. The van der Waals surface area contributed by atoms with E-state index in [2.05, 4.69) is 50.9 Å². The van der Waals surface area contributed by atoms with Crippen molar-refractivity contribution in [1.29, 1.82) is 0 Å². The molecule has 2 heterocycles. The fourth-order valence-corrected chi connectivity index (χ4v) is 5.85. The van der Waals surface area contributed by atoms with Gasteiger partial charge in [0.2, 0.25) is 0 Å². The number of allylic oxidation sites excluding steroid dienone is 1. The van der Waals surface area contributed by atoms with E-state index in [0.29, 0.717) is 23.5 Å². The van der Waals surface area contributed by atoms with Gasteiger partial charge < -0.3 is 25.7 Å². The van der Waals surface area contributed by atoms with Crippen LogP contribution in [-0.4, -0.2) is 65.0 Å². The molecule has 4 rings (SSSR count). The number of aliphatic imine (C=N–C) groups is 1. The zero-order valence-corrected chi connectivity index (χ0v) is 23.1. The number of carbonyl (C=O) groups excluding carboxylic acids is 1. The van der Waals surface area contributed by atoms with Crippen LogP contribution in [-0.2, 0) is 16.0 Å². The van der Waals surface area contributed by atoms with Crippen LogP contribution in [0.2, 0.25) is 0 Å². The number of carboxylic acid groups (broad SMARTS) is 2. The standard InChI is InChI=1S/C31H38N4O5/c1-20-26(29(36)37)28(27(30(38)39)21(2)33-20)24-10-6-11-25(19-24)34-31(40)32-14-7-15-35-16-12-23(13-17-35)18-22-8-4-3-5-9-22/h3-6,8-11,19,23,26,28H,7,12-18H2,1-2H3,(H,36,37)(H,38,39)(H2,32,34,40). The minimum Gasteiger partial charge on any atom is -0.481 e. The maximum atomic E-state index is 12.6. The van der Waals surface area contributed by atoms with Crippen LogP contribution in [0.4, 0.5) is 10.5 Å². The van der Waals surface area contributed by atoms with Gasteiger partial charge in [0, 0.05) is 29.6 Å². The molecule has 2 unspecified atom stereocenters. The third-order valence-electron chi connectivity index (χ3n) is 7.84. The number of carboxylic acids is 2. The Balaban J connectivity index is 1.26. The van der Waals surface area contributed by atoms with E-state index in [9.17, 15) is 24.6 Å². The second-order valence-electron chi connectivity index (χ2n) is 10.7. The molecule has 9 nitrogen and oxygen atoms in total. The Labute approximate surface area is 235 Å². The average molecular weight is 547 g/mol. The Hall–Kier alpha value is -3.98. The highest BCUT2D eigenvalue weighted by atomic mass is 16.4. The van der Waals surface area contributed by atoms with Gasteiger partial charge in [0.05, 0.1) is 5.57 Å². The molecule has 4 N–H and O–H groups in total. The van der Waals surface area contributed by atoms with Gasteiger partial charge in [-0.25, -0.2) is 9.59 Å². The van der Waals surface area contributed by atoms with Crippen molar-refractivity contribution < 1.29 is 24.6 Å². The highest BCUT2D eigenvalue weighted by Gasteiger charge is 2.41. The lowest BCUT2D eigenvalue weighted by Gasteiger charge is -2.32. The van der Waals surface area contributed by atoms with Crippen molar-refractivity contribution in [2.24, 2.45) is 16.8 Å². The van der Waals surface area contributed by atoms with Crippen LogP contribution in [0.3, 0.4) is 0 Å². The largest absolute Gasteiger partial charge is 0.481 e. The van der Waals surface area contributed by atoms with Gasteiger partial charge in [-0.1, -0.05) is 42.5 Å². The second-order valence-corrected chi connectivity index (χ2v) is 10.7. The van der Waals surface area contributed by atoms with E-state index in [1.54, 1.807) is 38.1 Å². The third kappa shape index (κ3) is 7.35. The predicted molar refractivity (Wildman–Crippen MR) is 155 cm³/mol. The molecule has 2 atom stereocenters. The number of aliphatic carboxylic acids is 2. The zero-order valence-electron chi connectivity index (χ0n) is 23.1. The number of anilines is 1. The molecule has 9 heteroatoms. The fourth-order valence-electron chi connectivity index (χ4n) is 5.85. The van der Waals surface area contributed by atoms with Crippen molar-refractivity contribution in [3.05, 3.63) is 77.0 Å². The molecule has 2 amide bonds. The summed E-state index contributed by atoms with van der Waals surface area (Å²) < 4.78 is 0. The quantitative estimate of drug-likeness (QED) is 0.318. The second kappa shape index (κ2) is 13.4. The van der Waals surface area contributed by atoms with Crippen LogP contribution in [0.1, 0.15) is 50.2 Å². The predicted octanol–water partition coefficient (Wildman–Crippen LogP) is 4.77. The van der Waals surface area contributed by atoms with Gasteiger partial charge in [-0.15, -0.1) is 0 Å². The molecule has 1 fully saturated rings. The summed E-state index contributed by atoms with van der Waals surface area (Å²) in [7, 11) is 0. The number of nitrogens with one attached hydrogen (secondary N) is 2. The molecule has 2 aromatic carbocycles. The number of nitrogens with zero attached hydrogens (tertiary/aromatic N) is 2. The van der Waals surface area contributed by atoms with Gasteiger partial charge in [0.25, 0.3) is 0 Å². The molecule has 2 aliphatic rings. The Kier molecular flexibility index (Phi) is 9.71. The SMILES string of the molecule is CC1=NC(C)=C(C(=O)O)C(c2cccc(NC(=O)NCCCN3CCC(Cc4ccccc4)CC3)c2)C1C(=O)O. The molecule has 0 bridgehead atoms. The molecule has 2 aromatic rings. The lowest BCUT2D eigenvalue weighted by molar-refractivity contribution is -0.140. The zero-order chi connectivity index (χ0) is 28.6. The topological polar surface area (TPSA) is 131 Å². The van der Waals surface area contributed by atoms with Crippen molar-refractivity contribution in [2.75, 3.05) is 31.5 Å². The highest BCUT2D eigenvalue weighted by molar-refractivity contribution is 6.06. The molecule has 2 aliphatic heterocycles. The van der Waals surface area contributed by atoms with Crippen LogP contribution in [0.15, 0.2) is 70.9 Å². The van der Waals surface area contributed by atoms with E-state index in [0.717, 1.165) is 38.4 Å². The van der Waals surface area contributed by atoms with Crippen molar-refractivity contribution >= 4 is 29.4 Å². The minimum absolute atomic E-state index is 0.0521. The lowest BCUT2D eigenvalue weighted by Crippen LogP contribution is -2.37. The molecule has 0 aromatic heterocycles. The van der Waals surface area contributed by atoms with E-state index < -0.39 is 23.8 Å². The minimum atomic E-state index is -1.21. The molecular formula is C31H38N4O5. The maximum Gasteiger partial charge on any atom is 0.334 e. The van der Waals surface area contributed by atoms with Crippen LogP contribution < -0.4 is 10.6 Å². The van der Waals surface area contributed by atoms with E-state index in [1.807, 2.05) is 0 Å². The molecule has 0 spiro atoms. The first-order chi connectivity index (χ1) is 19.2. The first kappa shape index (κ1) is 29.0. The van der Waals surface area contributed by atoms with Crippen molar-refractivity contribution in [3.8, 4) is 0 Å². The number of carbonyl (C=O) groups is 3. The molecule has 212 valence electrons. The number of benzene rings is 2. The van der Waals surface area contributed by atoms with Crippen LogP contribution in [0.25, 0.3) is 0 Å². The third-order valence-corrected chi connectivity index (χ3v) is 7.84. The molecule has 0 saturated carbocycles. The summed E-state index contributed by atoms with van der Waals surface area (Å²) >= 11 is 0. The summed E-state index contributed by atoms with van der Waals surface area (Å²) in [6, 6.07) is 17.0. The fraction of sp³-hybridized carbons (Fsp3) is 0.419. The normalized spacial score (nSPS) is 20.1. The molecule has 0 aliphatic carbocycles. The number of amides is 2. The first-order valence-electron chi connectivity index (χ1n) is 13.9. The summed E-state index contributed by atoms with van der Waals surface area (Å²) in [5.74, 6) is -3.66.